The molecule has 0 spiro atoms. The van der Waals surface area contributed by atoms with E-state index < -0.39 is 11.5 Å². The number of fused-ring (bicyclic) bond motifs is 6. The van der Waals surface area contributed by atoms with Gasteiger partial charge in [-0.25, -0.2) is 19.3 Å². The molecule has 6 aromatic rings. The number of hydrogen-bond donors (Lipinski definition) is 0. The first-order valence-electron chi connectivity index (χ1n) is 11.1. The highest BCUT2D eigenvalue weighted by atomic mass is 35.5. The first-order valence-corrected chi connectivity index (χ1v) is 11.8. The van der Waals surface area contributed by atoms with E-state index in [0.29, 0.717) is 60.8 Å². The SMILES string of the molecule is O=c1oc2ccccc2c2c1C(c1cccc(Cl)c1)c1c(ncn3nc(-c4ccccc4Cl)nc13)O2. The van der Waals surface area contributed by atoms with Crippen molar-refractivity contribution in [2.75, 3.05) is 0 Å². The van der Waals surface area contributed by atoms with Crippen molar-refractivity contribution in [2.24, 2.45) is 0 Å². The lowest BCUT2D eigenvalue weighted by Crippen LogP contribution is -2.22. The maximum Gasteiger partial charge on any atom is 0.344 e. The average molecular weight is 513 g/mol. The molecule has 0 fully saturated rings. The Morgan fingerprint density at radius 2 is 1.75 bits per heavy atom. The van der Waals surface area contributed by atoms with E-state index >= 15 is 0 Å². The van der Waals surface area contributed by atoms with Crippen molar-refractivity contribution < 1.29 is 9.15 Å². The quantitative estimate of drug-likeness (QED) is 0.246. The second kappa shape index (κ2) is 7.91. The molecule has 174 valence electrons. The monoisotopic (exact) mass is 512 g/mol. The predicted molar refractivity (Wildman–Crippen MR) is 136 cm³/mol. The molecule has 1 atom stereocenters. The van der Waals surface area contributed by atoms with Crippen molar-refractivity contribution in [1.82, 2.24) is 19.6 Å². The number of benzene rings is 3. The van der Waals surface area contributed by atoms with Gasteiger partial charge in [-0.15, -0.1) is 5.10 Å². The van der Waals surface area contributed by atoms with Gasteiger partial charge in [0.1, 0.15) is 11.9 Å². The summed E-state index contributed by atoms with van der Waals surface area (Å²) in [5, 5.41) is 6.33. The van der Waals surface area contributed by atoms with Crippen molar-refractivity contribution in [3.05, 3.63) is 116 Å². The van der Waals surface area contributed by atoms with Gasteiger partial charge in [0.15, 0.2) is 17.2 Å². The number of ether oxygens (including phenoxy) is 1. The molecule has 1 aliphatic heterocycles. The van der Waals surface area contributed by atoms with Crippen molar-refractivity contribution in [3.63, 3.8) is 0 Å². The molecule has 0 saturated heterocycles. The van der Waals surface area contributed by atoms with Gasteiger partial charge in [-0.3, -0.25) is 0 Å². The molecule has 9 heteroatoms. The van der Waals surface area contributed by atoms with Gasteiger partial charge in [0, 0.05) is 10.6 Å². The third-order valence-corrected chi connectivity index (χ3v) is 6.82. The zero-order valence-corrected chi connectivity index (χ0v) is 19.9. The Labute approximate surface area is 213 Å². The van der Waals surface area contributed by atoms with Gasteiger partial charge in [0.2, 0.25) is 5.88 Å². The third kappa shape index (κ3) is 3.13. The fraction of sp³-hybridized carbons (Fsp3) is 0.0370. The molecule has 7 rings (SSSR count). The van der Waals surface area contributed by atoms with Crippen LogP contribution in [0, 0.1) is 0 Å². The second-order valence-electron chi connectivity index (χ2n) is 8.37. The van der Waals surface area contributed by atoms with Crippen LogP contribution in [0.25, 0.3) is 28.0 Å². The fourth-order valence-electron chi connectivity index (χ4n) is 4.71. The van der Waals surface area contributed by atoms with E-state index in [4.69, 9.17) is 37.3 Å². The largest absolute Gasteiger partial charge is 0.437 e. The van der Waals surface area contributed by atoms with Crippen molar-refractivity contribution in [1.29, 1.82) is 0 Å². The molecule has 7 nitrogen and oxygen atoms in total. The fourth-order valence-corrected chi connectivity index (χ4v) is 5.12. The molecular weight excluding hydrogens is 499 g/mol. The van der Waals surface area contributed by atoms with Gasteiger partial charge in [-0.1, -0.05) is 59.6 Å². The zero-order chi connectivity index (χ0) is 24.4. The molecule has 0 bridgehead atoms. The normalized spacial score (nSPS) is 14.4. The highest BCUT2D eigenvalue weighted by Crippen LogP contribution is 2.49. The van der Waals surface area contributed by atoms with E-state index in [9.17, 15) is 4.79 Å². The van der Waals surface area contributed by atoms with E-state index in [1.165, 1.54) is 6.33 Å². The van der Waals surface area contributed by atoms with Crippen LogP contribution in [0.2, 0.25) is 10.0 Å². The van der Waals surface area contributed by atoms with Crippen LogP contribution in [0.4, 0.5) is 0 Å². The van der Waals surface area contributed by atoms with E-state index in [1.54, 1.807) is 28.8 Å². The topological polar surface area (TPSA) is 82.5 Å². The molecule has 0 radical (unpaired) electrons. The Kier molecular flexibility index (Phi) is 4.64. The van der Waals surface area contributed by atoms with Gasteiger partial charge in [0.25, 0.3) is 0 Å². The lowest BCUT2D eigenvalue weighted by molar-refractivity contribution is 0.422. The second-order valence-corrected chi connectivity index (χ2v) is 9.21. The molecular formula is C27H14Cl2N4O3. The maximum atomic E-state index is 13.4. The first-order chi connectivity index (χ1) is 17.6. The summed E-state index contributed by atoms with van der Waals surface area (Å²) in [7, 11) is 0. The molecule has 0 saturated carbocycles. The maximum absolute atomic E-state index is 13.4. The number of nitrogens with zero attached hydrogens (tertiary/aromatic N) is 4. The van der Waals surface area contributed by atoms with Crippen LogP contribution < -0.4 is 10.4 Å². The van der Waals surface area contributed by atoms with Gasteiger partial charge in [-0.05, 0) is 42.0 Å². The summed E-state index contributed by atoms with van der Waals surface area (Å²) < 4.78 is 13.6. The number of hydrogen-bond acceptors (Lipinski definition) is 6. The molecule has 0 amide bonds. The number of para-hydroxylation sites is 1. The minimum absolute atomic E-state index is 0.328. The van der Waals surface area contributed by atoms with Gasteiger partial charge in [-0.2, -0.15) is 0 Å². The average Bonchev–Trinajstić information content (AvgIpc) is 3.32. The Balaban J connectivity index is 1.56. The molecule has 0 aliphatic carbocycles. The van der Waals surface area contributed by atoms with E-state index in [0.717, 1.165) is 5.56 Å². The van der Waals surface area contributed by atoms with Crippen LogP contribution in [-0.4, -0.2) is 19.6 Å². The summed E-state index contributed by atoms with van der Waals surface area (Å²) >= 11 is 12.8. The number of rotatable bonds is 2. The minimum Gasteiger partial charge on any atom is -0.437 e. The first kappa shape index (κ1) is 21.1. The Morgan fingerprint density at radius 1 is 0.917 bits per heavy atom. The Bertz CT molecular complexity index is 1900. The molecule has 0 N–H and O–H groups in total. The summed E-state index contributed by atoms with van der Waals surface area (Å²) in [5.41, 5.74) is 2.79. The lowest BCUT2D eigenvalue weighted by atomic mass is 9.84. The highest BCUT2D eigenvalue weighted by Gasteiger charge is 2.37. The van der Waals surface area contributed by atoms with Gasteiger partial charge >= 0.3 is 5.63 Å². The van der Waals surface area contributed by atoms with Gasteiger partial charge in [0.05, 0.1) is 27.5 Å². The minimum atomic E-state index is -0.609. The van der Waals surface area contributed by atoms with E-state index in [1.807, 2.05) is 48.5 Å². The Morgan fingerprint density at radius 3 is 2.61 bits per heavy atom. The number of aromatic nitrogens is 4. The zero-order valence-electron chi connectivity index (χ0n) is 18.4. The van der Waals surface area contributed by atoms with E-state index in [2.05, 4.69) is 10.1 Å². The summed E-state index contributed by atoms with van der Waals surface area (Å²) in [5.74, 6) is 0.552. The van der Waals surface area contributed by atoms with Crippen molar-refractivity contribution in [2.45, 2.75) is 5.92 Å². The van der Waals surface area contributed by atoms with Crippen molar-refractivity contribution in [3.8, 4) is 23.0 Å². The highest BCUT2D eigenvalue weighted by molar-refractivity contribution is 6.33. The van der Waals surface area contributed by atoms with Crippen LogP contribution in [0.1, 0.15) is 22.6 Å². The predicted octanol–water partition coefficient (Wildman–Crippen LogP) is 6.49. The van der Waals surface area contributed by atoms with Crippen LogP contribution >= 0.6 is 23.2 Å². The van der Waals surface area contributed by atoms with Crippen LogP contribution in [0.3, 0.4) is 0 Å². The molecule has 4 heterocycles. The summed E-state index contributed by atoms with van der Waals surface area (Å²) in [4.78, 5) is 22.8. The lowest BCUT2D eigenvalue weighted by Gasteiger charge is -2.27. The third-order valence-electron chi connectivity index (χ3n) is 6.26. The van der Waals surface area contributed by atoms with Crippen LogP contribution in [0.15, 0.2) is 88.3 Å². The standard InChI is InChI=1S/C27H14Cl2N4O3/c28-15-7-5-6-14(12-15)20-21-23(17-9-2-4-11-19(17)35-27(21)34)36-26-22(20)25-31-24(32-33(25)13-30-26)16-8-1-3-10-18(16)29/h1-13,20H. The van der Waals surface area contributed by atoms with Crippen molar-refractivity contribution >= 4 is 39.8 Å². The Hall–Kier alpha value is -4.20. The summed E-state index contributed by atoms with van der Waals surface area (Å²) in [6.07, 6.45) is 1.54. The molecule has 3 aromatic heterocycles. The van der Waals surface area contributed by atoms with E-state index in [-0.39, 0.29) is 0 Å². The molecule has 36 heavy (non-hydrogen) atoms. The summed E-state index contributed by atoms with van der Waals surface area (Å²) in [6.45, 7) is 0. The number of halogens is 2. The van der Waals surface area contributed by atoms with Crippen LogP contribution in [-0.2, 0) is 0 Å². The summed E-state index contributed by atoms with van der Waals surface area (Å²) in [6, 6.07) is 21.9. The molecule has 1 unspecified atom stereocenters. The molecule has 1 aliphatic rings. The smallest absolute Gasteiger partial charge is 0.344 e. The molecule has 3 aromatic carbocycles. The van der Waals surface area contributed by atoms with Crippen LogP contribution in [0.5, 0.6) is 11.6 Å². The van der Waals surface area contributed by atoms with Gasteiger partial charge < -0.3 is 9.15 Å².